The molecule has 1 fully saturated rings. The fourth-order valence-corrected chi connectivity index (χ4v) is 5.26. The molecule has 2 N–H and O–H groups in total. The summed E-state index contributed by atoms with van der Waals surface area (Å²) < 4.78 is 8.80. The van der Waals surface area contributed by atoms with E-state index in [1.54, 1.807) is 16.2 Å². The summed E-state index contributed by atoms with van der Waals surface area (Å²) in [7, 11) is 0. The fraction of sp³-hybridized carbons (Fsp3) is 0.250. The number of morpholine rings is 1. The summed E-state index contributed by atoms with van der Waals surface area (Å²) in [5, 5.41) is 1.19. The van der Waals surface area contributed by atoms with Crippen LogP contribution < -0.4 is 5.73 Å². The lowest BCUT2D eigenvalue weighted by atomic mass is 10.2. The van der Waals surface area contributed by atoms with Crippen molar-refractivity contribution in [3.8, 4) is 0 Å². The highest BCUT2D eigenvalue weighted by Gasteiger charge is 2.29. The Labute approximate surface area is 140 Å². The van der Waals surface area contributed by atoms with Crippen LogP contribution in [0.3, 0.4) is 0 Å². The van der Waals surface area contributed by atoms with Crippen molar-refractivity contribution in [2.45, 2.75) is 6.10 Å². The summed E-state index contributed by atoms with van der Waals surface area (Å²) >= 11 is 3.20. The molecule has 0 bridgehead atoms. The summed E-state index contributed by atoms with van der Waals surface area (Å²) in [6.07, 6.45) is -0.713. The van der Waals surface area contributed by atoms with E-state index in [1.165, 1.54) is 21.4 Å². The highest BCUT2D eigenvalue weighted by Crippen LogP contribution is 2.39. The number of carbonyl (C=O) groups excluding carboxylic acids is 2. The van der Waals surface area contributed by atoms with Crippen LogP contribution in [0.15, 0.2) is 30.3 Å². The first-order valence-corrected chi connectivity index (χ1v) is 8.88. The van der Waals surface area contributed by atoms with Crippen LogP contribution >= 0.6 is 22.7 Å². The topological polar surface area (TPSA) is 72.6 Å². The zero-order valence-electron chi connectivity index (χ0n) is 12.2. The molecule has 0 radical (unpaired) electrons. The molecule has 2 amide bonds. The van der Waals surface area contributed by atoms with E-state index in [0.717, 1.165) is 9.40 Å². The summed E-state index contributed by atoms with van der Waals surface area (Å²) in [5.74, 6) is -0.585. The quantitative estimate of drug-likeness (QED) is 0.775. The minimum absolute atomic E-state index is 0.0583. The molecule has 3 aromatic rings. The van der Waals surface area contributed by atoms with Gasteiger partial charge in [-0.25, -0.2) is 0 Å². The van der Waals surface area contributed by atoms with Gasteiger partial charge in [-0.2, -0.15) is 0 Å². The first kappa shape index (κ1) is 14.6. The van der Waals surface area contributed by atoms with E-state index < -0.39 is 12.0 Å². The van der Waals surface area contributed by atoms with E-state index in [0.29, 0.717) is 18.0 Å². The number of ether oxygens (including phenoxy) is 1. The van der Waals surface area contributed by atoms with Gasteiger partial charge in [-0.3, -0.25) is 9.59 Å². The van der Waals surface area contributed by atoms with Crippen molar-refractivity contribution < 1.29 is 14.3 Å². The molecule has 0 spiro atoms. The van der Waals surface area contributed by atoms with Crippen LogP contribution in [0.25, 0.3) is 19.5 Å². The van der Waals surface area contributed by atoms with Crippen LogP contribution in [-0.4, -0.2) is 42.5 Å². The number of benzene rings is 1. The van der Waals surface area contributed by atoms with Gasteiger partial charge in [0.05, 0.1) is 22.7 Å². The van der Waals surface area contributed by atoms with Crippen LogP contribution in [0, 0.1) is 0 Å². The Hall–Kier alpha value is -1.96. The molecule has 1 aliphatic rings. The predicted octanol–water partition coefficient (Wildman–Crippen LogP) is 2.44. The molecule has 1 saturated heterocycles. The van der Waals surface area contributed by atoms with E-state index in [-0.39, 0.29) is 12.5 Å². The third kappa shape index (κ3) is 2.50. The smallest absolute Gasteiger partial charge is 0.264 e. The lowest BCUT2D eigenvalue weighted by Crippen LogP contribution is -2.50. The average Bonchev–Trinajstić information content (AvgIpc) is 3.12. The van der Waals surface area contributed by atoms with Crippen LogP contribution in [-0.2, 0) is 9.53 Å². The van der Waals surface area contributed by atoms with Crippen LogP contribution in [0.2, 0.25) is 0 Å². The van der Waals surface area contributed by atoms with Gasteiger partial charge in [-0.15, -0.1) is 22.7 Å². The van der Waals surface area contributed by atoms with Crippen molar-refractivity contribution in [1.82, 2.24) is 4.90 Å². The Morgan fingerprint density at radius 2 is 2.04 bits per heavy atom. The largest absolute Gasteiger partial charge is 0.367 e. The molecule has 1 aliphatic heterocycles. The van der Waals surface area contributed by atoms with Crippen LogP contribution in [0.1, 0.15) is 9.67 Å². The maximum Gasteiger partial charge on any atom is 0.264 e. The van der Waals surface area contributed by atoms with Gasteiger partial charge >= 0.3 is 0 Å². The standard InChI is InChI=1S/C16H14N2O3S2/c17-15(19)10-8-18(5-6-21-10)16(20)13-7-12-14(23-13)9-3-1-2-4-11(9)22-12/h1-4,7,10H,5-6,8H2,(H2,17,19). The van der Waals surface area contributed by atoms with Gasteiger partial charge in [-0.05, 0) is 12.1 Å². The number of rotatable bonds is 2. The Bertz CT molecular complexity index is 914. The number of fused-ring (bicyclic) bond motifs is 3. The molecule has 4 rings (SSSR count). The molecule has 0 aliphatic carbocycles. The van der Waals surface area contributed by atoms with Gasteiger partial charge < -0.3 is 15.4 Å². The Kier molecular flexibility index (Phi) is 3.56. The molecular weight excluding hydrogens is 332 g/mol. The molecule has 0 saturated carbocycles. The minimum atomic E-state index is -0.713. The predicted molar refractivity (Wildman–Crippen MR) is 92.0 cm³/mol. The molecule has 5 nitrogen and oxygen atoms in total. The number of carbonyl (C=O) groups is 2. The fourth-order valence-electron chi connectivity index (χ4n) is 2.77. The number of hydrogen-bond donors (Lipinski definition) is 1. The summed E-state index contributed by atoms with van der Waals surface area (Å²) in [4.78, 5) is 26.3. The maximum atomic E-state index is 12.7. The average molecular weight is 346 g/mol. The molecule has 2 aromatic heterocycles. The molecule has 1 unspecified atom stereocenters. The van der Waals surface area contributed by atoms with Gasteiger partial charge in [-0.1, -0.05) is 18.2 Å². The summed E-state index contributed by atoms with van der Waals surface area (Å²) in [6, 6.07) is 10.1. The highest BCUT2D eigenvalue weighted by molar-refractivity contribution is 7.33. The van der Waals surface area contributed by atoms with Crippen molar-refractivity contribution in [2.75, 3.05) is 19.7 Å². The van der Waals surface area contributed by atoms with Crippen molar-refractivity contribution in [2.24, 2.45) is 5.73 Å². The maximum absolute atomic E-state index is 12.7. The number of nitrogens with zero attached hydrogens (tertiary/aromatic N) is 1. The van der Waals surface area contributed by atoms with Crippen molar-refractivity contribution >= 4 is 54.0 Å². The third-order valence-electron chi connectivity index (χ3n) is 3.93. The zero-order chi connectivity index (χ0) is 16.0. The van der Waals surface area contributed by atoms with Crippen LogP contribution in [0.4, 0.5) is 0 Å². The number of amides is 2. The first-order chi connectivity index (χ1) is 11.1. The summed E-state index contributed by atoms with van der Waals surface area (Å²) in [5.41, 5.74) is 5.28. The van der Waals surface area contributed by atoms with Crippen LogP contribution in [0.5, 0.6) is 0 Å². The molecular formula is C16H14N2O3S2. The molecule has 7 heteroatoms. The first-order valence-electron chi connectivity index (χ1n) is 7.25. The second kappa shape index (κ2) is 5.59. The zero-order valence-corrected chi connectivity index (χ0v) is 13.8. The third-order valence-corrected chi connectivity index (χ3v) is 6.33. The molecule has 23 heavy (non-hydrogen) atoms. The molecule has 1 atom stereocenters. The minimum Gasteiger partial charge on any atom is -0.367 e. The van der Waals surface area contributed by atoms with Crippen molar-refractivity contribution in [1.29, 1.82) is 0 Å². The lowest BCUT2D eigenvalue weighted by Gasteiger charge is -2.31. The molecule has 118 valence electrons. The Morgan fingerprint density at radius 1 is 1.22 bits per heavy atom. The number of primary amides is 1. The normalized spacial score (nSPS) is 18.6. The Balaban J connectivity index is 1.65. The van der Waals surface area contributed by atoms with Gasteiger partial charge in [0.1, 0.15) is 0 Å². The number of nitrogens with two attached hydrogens (primary N) is 1. The van der Waals surface area contributed by atoms with Crippen molar-refractivity contribution in [3.63, 3.8) is 0 Å². The molecule has 3 heterocycles. The summed E-state index contributed by atoms with van der Waals surface area (Å²) in [6.45, 7) is 1.04. The van der Waals surface area contributed by atoms with Gasteiger partial charge in [0, 0.05) is 21.3 Å². The number of hydrogen-bond acceptors (Lipinski definition) is 5. The number of thiophene rings is 2. The van der Waals surface area contributed by atoms with Crippen molar-refractivity contribution in [3.05, 3.63) is 35.2 Å². The SMILES string of the molecule is NC(=O)C1CN(C(=O)c2cc3sc4ccccc4c3s2)CCO1. The second-order valence-electron chi connectivity index (χ2n) is 5.42. The van der Waals surface area contributed by atoms with E-state index in [1.807, 2.05) is 18.2 Å². The van der Waals surface area contributed by atoms with E-state index >= 15 is 0 Å². The van der Waals surface area contributed by atoms with Gasteiger partial charge in [0.2, 0.25) is 5.91 Å². The van der Waals surface area contributed by atoms with E-state index in [2.05, 4.69) is 12.1 Å². The van der Waals surface area contributed by atoms with Gasteiger partial charge in [0.25, 0.3) is 5.91 Å². The monoisotopic (exact) mass is 346 g/mol. The lowest BCUT2D eigenvalue weighted by molar-refractivity contribution is -0.133. The molecule has 1 aromatic carbocycles. The Morgan fingerprint density at radius 3 is 2.87 bits per heavy atom. The highest BCUT2D eigenvalue weighted by atomic mass is 32.1. The van der Waals surface area contributed by atoms with E-state index in [9.17, 15) is 9.59 Å². The second-order valence-corrected chi connectivity index (χ2v) is 7.55. The van der Waals surface area contributed by atoms with Gasteiger partial charge in [0.15, 0.2) is 6.10 Å². The van der Waals surface area contributed by atoms with E-state index in [4.69, 9.17) is 10.5 Å².